The van der Waals surface area contributed by atoms with Crippen LogP contribution in [0.2, 0.25) is 10.0 Å². The van der Waals surface area contributed by atoms with E-state index in [1.807, 2.05) is 31.2 Å². The van der Waals surface area contributed by atoms with Gasteiger partial charge in [0.05, 0.1) is 16.6 Å². The van der Waals surface area contributed by atoms with E-state index >= 15 is 0 Å². The first-order valence-electron chi connectivity index (χ1n) is 8.56. The lowest BCUT2D eigenvalue weighted by Crippen LogP contribution is -2.43. The number of piperidine rings is 1. The minimum Gasteiger partial charge on any atom is -0.338 e. The van der Waals surface area contributed by atoms with Gasteiger partial charge in [-0.3, -0.25) is 9.59 Å². The average molecular weight is 391 g/mol. The molecular weight excluding hydrogens is 371 g/mol. The molecule has 0 spiro atoms. The summed E-state index contributed by atoms with van der Waals surface area (Å²) in [6.45, 7) is 3.05. The number of benzene rings is 2. The van der Waals surface area contributed by atoms with Crippen molar-refractivity contribution < 1.29 is 9.59 Å². The van der Waals surface area contributed by atoms with E-state index in [-0.39, 0.29) is 17.7 Å². The van der Waals surface area contributed by atoms with Crippen LogP contribution in [0.25, 0.3) is 0 Å². The molecule has 2 amide bonds. The molecule has 0 bridgehead atoms. The summed E-state index contributed by atoms with van der Waals surface area (Å²) in [6, 6.07) is 12.4. The Kier molecular flexibility index (Phi) is 5.84. The van der Waals surface area contributed by atoms with Crippen molar-refractivity contribution in [1.82, 2.24) is 4.90 Å². The molecule has 1 saturated heterocycles. The number of nitrogens with zero attached hydrogens (tertiary/aromatic N) is 1. The average Bonchev–Trinajstić information content (AvgIpc) is 2.64. The molecule has 136 valence electrons. The second-order valence-electron chi connectivity index (χ2n) is 6.57. The van der Waals surface area contributed by atoms with Crippen molar-refractivity contribution in [2.75, 3.05) is 18.4 Å². The fourth-order valence-electron chi connectivity index (χ4n) is 3.08. The zero-order chi connectivity index (χ0) is 18.7. The lowest BCUT2D eigenvalue weighted by molar-refractivity contribution is -0.121. The number of likely N-dealkylation sites (tertiary alicyclic amines) is 1. The van der Waals surface area contributed by atoms with E-state index in [9.17, 15) is 9.59 Å². The fraction of sp³-hybridized carbons (Fsp3) is 0.300. The molecule has 1 N–H and O–H groups in total. The Hall–Kier alpha value is -2.04. The number of carbonyl (C=O) groups excluding carboxylic acids is 2. The quantitative estimate of drug-likeness (QED) is 0.818. The highest BCUT2D eigenvalue weighted by Crippen LogP contribution is 2.27. The zero-order valence-corrected chi connectivity index (χ0v) is 16.0. The van der Waals surface area contributed by atoms with Crippen molar-refractivity contribution in [1.29, 1.82) is 0 Å². The molecule has 26 heavy (non-hydrogen) atoms. The highest BCUT2D eigenvalue weighted by Gasteiger charge is 2.29. The monoisotopic (exact) mass is 390 g/mol. The SMILES string of the molecule is Cc1ccc(C(=O)N2CCCC(C(=O)Nc3ccc(Cl)cc3Cl)C2)cc1. The smallest absolute Gasteiger partial charge is 0.253 e. The van der Waals surface area contributed by atoms with E-state index in [4.69, 9.17) is 23.2 Å². The maximum absolute atomic E-state index is 12.7. The molecule has 0 saturated carbocycles. The van der Waals surface area contributed by atoms with E-state index < -0.39 is 0 Å². The highest BCUT2D eigenvalue weighted by molar-refractivity contribution is 6.36. The van der Waals surface area contributed by atoms with Gasteiger partial charge in [0.1, 0.15) is 0 Å². The van der Waals surface area contributed by atoms with Crippen molar-refractivity contribution in [3.05, 3.63) is 63.6 Å². The summed E-state index contributed by atoms with van der Waals surface area (Å²) in [5.74, 6) is -0.424. The van der Waals surface area contributed by atoms with Crippen molar-refractivity contribution >= 4 is 40.7 Å². The second-order valence-corrected chi connectivity index (χ2v) is 7.41. The van der Waals surface area contributed by atoms with Gasteiger partial charge in [0.15, 0.2) is 0 Å². The molecule has 6 heteroatoms. The Balaban J connectivity index is 1.66. The van der Waals surface area contributed by atoms with Crippen LogP contribution in [-0.4, -0.2) is 29.8 Å². The molecule has 1 unspecified atom stereocenters. The van der Waals surface area contributed by atoms with Crippen LogP contribution in [0.3, 0.4) is 0 Å². The minimum atomic E-state index is -0.259. The standard InChI is InChI=1S/C20H20Cl2N2O2/c1-13-4-6-14(7-5-13)20(26)24-10-2-3-15(12-24)19(25)23-18-9-8-16(21)11-17(18)22/h4-9,11,15H,2-3,10,12H2,1H3,(H,23,25). The first kappa shape index (κ1) is 18.7. The molecular formula is C20H20Cl2N2O2. The Morgan fingerprint density at radius 2 is 1.85 bits per heavy atom. The first-order chi connectivity index (χ1) is 12.4. The van der Waals surface area contributed by atoms with Gasteiger partial charge in [-0.15, -0.1) is 0 Å². The summed E-state index contributed by atoms with van der Waals surface area (Å²) in [5.41, 5.74) is 2.29. The van der Waals surface area contributed by atoms with Gasteiger partial charge in [-0.25, -0.2) is 0 Å². The number of amides is 2. The van der Waals surface area contributed by atoms with E-state index in [1.165, 1.54) is 0 Å². The third kappa shape index (κ3) is 4.37. The number of anilines is 1. The van der Waals surface area contributed by atoms with Crippen molar-refractivity contribution in [2.45, 2.75) is 19.8 Å². The summed E-state index contributed by atoms with van der Waals surface area (Å²) in [6.07, 6.45) is 1.54. The highest BCUT2D eigenvalue weighted by atomic mass is 35.5. The van der Waals surface area contributed by atoms with Crippen LogP contribution in [0.4, 0.5) is 5.69 Å². The fourth-order valence-corrected chi connectivity index (χ4v) is 3.54. The Bertz CT molecular complexity index is 821. The summed E-state index contributed by atoms with van der Waals surface area (Å²) < 4.78 is 0. The van der Waals surface area contributed by atoms with Crippen LogP contribution in [0.5, 0.6) is 0 Å². The molecule has 3 rings (SSSR count). The third-order valence-electron chi connectivity index (χ3n) is 4.57. The Morgan fingerprint density at radius 1 is 1.12 bits per heavy atom. The van der Waals surface area contributed by atoms with Gasteiger partial charge in [0.25, 0.3) is 5.91 Å². The number of aryl methyl sites for hydroxylation is 1. The van der Waals surface area contributed by atoms with Crippen LogP contribution in [0, 0.1) is 12.8 Å². The zero-order valence-electron chi connectivity index (χ0n) is 14.5. The van der Waals surface area contributed by atoms with E-state index in [0.29, 0.717) is 34.4 Å². The maximum Gasteiger partial charge on any atom is 0.253 e. The van der Waals surface area contributed by atoms with Crippen LogP contribution in [0.15, 0.2) is 42.5 Å². The summed E-state index contributed by atoms with van der Waals surface area (Å²) in [7, 11) is 0. The lowest BCUT2D eigenvalue weighted by atomic mass is 9.96. The lowest BCUT2D eigenvalue weighted by Gasteiger charge is -2.32. The predicted molar refractivity (Wildman–Crippen MR) is 105 cm³/mol. The van der Waals surface area contributed by atoms with Gasteiger partial charge >= 0.3 is 0 Å². The third-order valence-corrected chi connectivity index (χ3v) is 5.11. The van der Waals surface area contributed by atoms with Crippen molar-refractivity contribution in [3.8, 4) is 0 Å². The number of hydrogen-bond acceptors (Lipinski definition) is 2. The van der Waals surface area contributed by atoms with Gasteiger partial charge in [-0.05, 0) is 50.1 Å². The molecule has 2 aromatic carbocycles. The molecule has 1 aliphatic heterocycles. The minimum absolute atomic E-state index is 0.0352. The summed E-state index contributed by atoms with van der Waals surface area (Å²) >= 11 is 12.0. The van der Waals surface area contributed by atoms with Gasteiger partial charge in [-0.1, -0.05) is 40.9 Å². The Labute approximate surface area is 163 Å². The van der Waals surface area contributed by atoms with E-state index in [0.717, 1.165) is 18.4 Å². The first-order valence-corrected chi connectivity index (χ1v) is 9.31. The van der Waals surface area contributed by atoms with E-state index in [1.54, 1.807) is 23.1 Å². The molecule has 0 radical (unpaired) electrons. The number of rotatable bonds is 3. The number of nitrogens with one attached hydrogen (secondary N) is 1. The topological polar surface area (TPSA) is 49.4 Å². The van der Waals surface area contributed by atoms with Gasteiger partial charge in [0, 0.05) is 23.7 Å². The number of hydrogen-bond donors (Lipinski definition) is 1. The predicted octanol–water partition coefficient (Wildman–Crippen LogP) is 4.79. The van der Waals surface area contributed by atoms with Gasteiger partial charge < -0.3 is 10.2 Å². The number of carbonyl (C=O) groups is 2. The van der Waals surface area contributed by atoms with E-state index in [2.05, 4.69) is 5.32 Å². The maximum atomic E-state index is 12.7. The second kappa shape index (κ2) is 8.11. The van der Waals surface area contributed by atoms with Crippen molar-refractivity contribution in [3.63, 3.8) is 0 Å². The van der Waals surface area contributed by atoms with Crippen LogP contribution in [-0.2, 0) is 4.79 Å². The van der Waals surface area contributed by atoms with Crippen LogP contribution in [0.1, 0.15) is 28.8 Å². The molecule has 1 aliphatic rings. The Morgan fingerprint density at radius 3 is 2.54 bits per heavy atom. The van der Waals surface area contributed by atoms with Gasteiger partial charge in [-0.2, -0.15) is 0 Å². The molecule has 2 aromatic rings. The summed E-state index contributed by atoms with van der Waals surface area (Å²) in [5, 5.41) is 3.76. The molecule has 4 nitrogen and oxygen atoms in total. The van der Waals surface area contributed by atoms with Crippen LogP contribution < -0.4 is 5.32 Å². The number of halogens is 2. The molecule has 1 fully saturated rings. The van der Waals surface area contributed by atoms with Gasteiger partial charge in [0.2, 0.25) is 5.91 Å². The van der Waals surface area contributed by atoms with Crippen LogP contribution >= 0.6 is 23.2 Å². The molecule has 1 atom stereocenters. The summed E-state index contributed by atoms with van der Waals surface area (Å²) in [4.78, 5) is 27.1. The van der Waals surface area contributed by atoms with Crippen molar-refractivity contribution in [2.24, 2.45) is 5.92 Å². The normalized spacial score (nSPS) is 17.0. The largest absolute Gasteiger partial charge is 0.338 e. The molecule has 0 aliphatic carbocycles. The molecule has 1 heterocycles. The molecule has 0 aromatic heterocycles.